The SMILES string of the molecule is Cc1ccc(C2CCNCC2)c2c1CCCC2. The van der Waals surface area contributed by atoms with E-state index in [1.807, 2.05) is 0 Å². The Morgan fingerprint density at radius 1 is 1.00 bits per heavy atom. The molecule has 2 aliphatic rings. The first-order valence-corrected chi connectivity index (χ1v) is 7.18. The van der Waals surface area contributed by atoms with E-state index in [1.165, 1.54) is 57.2 Å². The lowest BCUT2D eigenvalue weighted by molar-refractivity contribution is 0.456. The van der Waals surface area contributed by atoms with Gasteiger partial charge in [-0.3, -0.25) is 0 Å². The average molecular weight is 229 g/mol. The molecule has 0 atom stereocenters. The molecule has 0 saturated carbocycles. The molecule has 1 aliphatic heterocycles. The molecule has 0 aromatic heterocycles. The van der Waals surface area contributed by atoms with Crippen LogP contribution in [-0.2, 0) is 12.8 Å². The van der Waals surface area contributed by atoms with E-state index in [2.05, 4.69) is 24.4 Å². The minimum absolute atomic E-state index is 0.823. The summed E-state index contributed by atoms with van der Waals surface area (Å²) in [5, 5.41) is 3.48. The Balaban J connectivity index is 1.98. The van der Waals surface area contributed by atoms with Gasteiger partial charge in [-0.25, -0.2) is 0 Å². The number of rotatable bonds is 1. The van der Waals surface area contributed by atoms with Crippen molar-refractivity contribution >= 4 is 0 Å². The van der Waals surface area contributed by atoms with E-state index < -0.39 is 0 Å². The Kier molecular flexibility index (Phi) is 3.19. The Bertz CT molecular complexity index is 402. The molecule has 1 aromatic rings. The third-order valence-corrected chi connectivity index (χ3v) is 4.58. The summed E-state index contributed by atoms with van der Waals surface area (Å²) in [6, 6.07) is 4.79. The molecule has 1 heterocycles. The zero-order chi connectivity index (χ0) is 11.7. The second kappa shape index (κ2) is 4.81. The van der Waals surface area contributed by atoms with Crippen molar-refractivity contribution in [3.8, 4) is 0 Å². The summed E-state index contributed by atoms with van der Waals surface area (Å²) in [7, 11) is 0. The van der Waals surface area contributed by atoms with Crippen LogP contribution in [0, 0.1) is 6.92 Å². The number of nitrogens with one attached hydrogen (secondary N) is 1. The van der Waals surface area contributed by atoms with Crippen molar-refractivity contribution in [1.29, 1.82) is 0 Å². The van der Waals surface area contributed by atoms with E-state index in [-0.39, 0.29) is 0 Å². The Labute approximate surface area is 105 Å². The minimum Gasteiger partial charge on any atom is -0.317 e. The first-order chi connectivity index (χ1) is 8.36. The van der Waals surface area contributed by atoms with Crippen LogP contribution in [0.1, 0.15) is 53.9 Å². The molecule has 0 spiro atoms. The van der Waals surface area contributed by atoms with E-state index in [1.54, 1.807) is 16.7 Å². The lowest BCUT2D eigenvalue weighted by atomic mass is 9.79. The molecule has 1 N–H and O–H groups in total. The van der Waals surface area contributed by atoms with Gasteiger partial charge in [-0.15, -0.1) is 0 Å². The Morgan fingerprint density at radius 2 is 1.71 bits per heavy atom. The van der Waals surface area contributed by atoms with E-state index in [0.717, 1.165) is 5.92 Å². The van der Waals surface area contributed by atoms with Crippen molar-refractivity contribution < 1.29 is 0 Å². The molecule has 0 unspecified atom stereocenters. The molecular formula is C16H23N. The summed E-state index contributed by atoms with van der Waals surface area (Å²) in [6.45, 7) is 4.69. The Morgan fingerprint density at radius 3 is 2.47 bits per heavy atom. The maximum Gasteiger partial charge on any atom is -0.00431 e. The normalized spacial score (nSPS) is 21.2. The number of hydrogen-bond acceptors (Lipinski definition) is 1. The molecule has 0 bridgehead atoms. The van der Waals surface area contributed by atoms with E-state index >= 15 is 0 Å². The van der Waals surface area contributed by atoms with Gasteiger partial charge >= 0.3 is 0 Å². The lowest BCUT2D eigenvalue weighted by Gasteiger charge is -2.29. The van der Waals surface area contributed by atoms with Crippen LogP contribution in [0.15, 0.2) is 12.1 Å². The second-order valence-corrected chi connectivity index (χ2v) is 5.66. The van der Waals surface area contributed by atoms with Crippen molar-refractivity contribution in [3.05, 3.63) is 34.4 Å². The fraction of sp³-hybridized carbons (Fsp3) is 0.625. The van der Waals surface area contributed by atoms with Crippen molar-refractivity contribution in [2.45, 2.75) is 51.4 Å². The smallest absolute Gasteiger partial charge is 0.00431 e. The quantitative estimate of drug-likeness (QED) is 0.779. The largest absolute Gasteiger partial charge is 0.317 e. The third-order valence-electron chi connectivity index (χ3n) is 4.58. The van der Waals surface area contributed by atoms with Crippen LogP contribution >= 0.6 is 0 Å². The number of aryl methyl sites for hydroxylation is 1. The highest BCUT2D eigenvalue weighted by atomic mass is 14.9. The number of piperidine rings is 1. The van der Waals surface area contributed by atoms with Gasteiger partial charge in [0.25, 0.3) is 0 Å². The molecule has 17 heavy (non-hydrogen) atoms. The van der Waals surface area contributed by atoms with Crippen LogP contribution in [-0.4, -0.2) is 13.1 Å². The van der Waals surface area contributed by atoms with E-state index in [0.29, 0.717) is 0 Å². The molecule has 1 aliphatic carbocycles. The molecule has 92 valence electrons. The molecular weight excluding hydrogens is 206 g/mol. The van der Waals surface area contributed by atoms with E-state index in [4.69, 9.17) is 0 Å². The van der Waals surface area contributed by atoms with Gasteiger partial charge in [0.2, 0.25) is 0 Å². The van der Waals surface area contributed by atoms with Crippen molar-refractivity contribution in [3.63, 3.8) is 0 Å². The molecule has 0 amide bonds. The van der Waals surface area contributed by atoms with Gasteiger partial charge in [0, 0.05) is 0 Å². The van der Waals surface area contributed by atoms with Crippen molar-refractivity contribution in [1.82, 2.24) is 5.32 Å². The molecule has 1 aromatic carbocycles. The summed E-state index contributed by atoms with van der Waals surface area (Å²) in [4.78, 5) is 0. The van der Waals surface area contributed by atoms with Crippen LogP contribution in [0.3, 0.4) is 0 Å². The summed E-state index contributed by atoms with van der Waals surface area (Å²) in [5.74, 6) is 0.823. The predicted molar refractivity (Wildman–Crippen MR) is 72.7 cm³/mol. The molecule has 1 saturated heterocycles. The number of fused-ring (bicyclic) bond motifs is 1. The Hall–Kier alpha value is -0.820. The number of hydrogen-bond donors (Lipinski definition) is 1. The zero-order valence-electron chi connectivity index (χ0n) is 10.9. The topological polar surface area (TPSA) is 12.0 Å². The van der Waals surface area contributed by atoms with Gasteiger partial charge in [0.15, 0.2) is 0 Å². The maximum absolute atomic E-state index is 3.48. The molecule has 1 fully saturated rings. The molecule has 1 nitrogen and oxygen atoms in total. The number of benzene rings is 1. The summed E-state index contributed by atoms with van der Waals surface area (Å²) in [6.07, 6.45) is 8.10. The fourth-order valence-corrected chi connectivity index (χ4v) is 3.59. The summed E-state index contributed by atoms with van der Waals surface area (Å²) < 4.78 is 0. The monoisotopic (exact) mass is 229 g/mol. The minimum atomic E-state index is 0.823. The fourth-order valence-electron chi connectivity index (χ4n) is 3.59. The van der Waals surface area contributed by atoms with Crippen LogP contribution in [0.2, 0.25) is 0 Å². The first kappa shape index (κ1) is 11.3. The highest BCUT2D eigenvalue weighted by Gasteiger charge is 2.22. The van der Waals surface area contributed by atoms with E-state index in [9.17, 15) is 0 Å². The van der Waals surface area contributed by atoms with Gasteiger partial charge in [-0.1, -0.05) is 12.1 Å². The zero-order valence-corrected chi connectivity index (χ0v) is 10.9. The van der Waals surface area contributed by atoms with Crippen LogP contribution < -0.4 is 5.32 Å². The lowest BCUT2D eigenvalue weighted by Crippen LogP contribution is -2.27. The molecule has 3 rings (SSSR count). The van der Waals surface area contributed by atoms with Crippen molar-refractivity contribution in [2.24, 2.45) is 0 Å². The summed E-state index contributed by atoms with van der Waals surface area (Å²) in [5.41, 5.74) is 6.62. The van der Waals surface area contributed by atoms with Gasteiger partial charge in [0.05, 0.1) is 0 Å². The predicted octanol–water partition coefficient (Wildman–Crippen LogP) is 3.34. The maximum atomic E-state index is 3.48. The van der Waals surface area contributed by atoms with Crippen LogP contribution in [0.4, 0.5) is 0 Å². The van der Waals surface area contributed by atoms with Gasteiger partial charge < -0.3 is 5.32 Å². The standard InChI is InChI=1S/C16H23N/c1-12-6-7-15(13-8-10-17-11-9-13)16-5-3-2-4-14(12)16/h6-7,13,17H,2-5,8-11H2,1H3. The first-order valence-electron chi connectivity index (χ1n) is 7.18. The van der Waals surface area contributed by atoms with Gasteiger partial charge in [-0.05, 0) is 86.7 Å². The van der Waals surface area contributed by atoms with Crippen molar-refractivity contribution in [2.75, 3.05) is 13.1 Å². The molecule has 0 radical (unpaired) electrons. The highest BCUT2D eigenvalue weighted by Crippen LogP contribution is 2.34. The van der Waals surface area contributed by atoms with Gasteiger partial charge in [0.1, 0.15) is 0 Å². The molecule has 1 heteroatoms. The van der Waals surface area contributed by atoms with Gasteiger partial charge in [-0.2, -0.15) is 0 Å². The second-order valence-electron chi connectivity index (χ2n) is 5.66. The van der Waals surface area contributed by atoms with Crippen LogP contribution in [0.25, 0.3) is 0 Å². The highest BCUT2D eigenvalue weighted by molar-refractivity contribution is 5.44. The average Bonchev–Trinajstić information content (AvgIpc) is 2.41. The van der Waals surface area contributed by atoms with Crippen LogP contribution in [0.5, 0.6) is 0 Å². The third kappa shape index (κ3) is 2.13. The summed E-state index contributed by atoms with van der Waals surface area (Å²) >= 11 is 0.